The first kappa shape index (κ1) is 22.4. The van der Waals surface area contributed by atoms with Crippen LogP contribution in [-0.2, 0) is 16.0 Å². The highest BCUT2D eigenvalue weighted by Crippen LogP contribution is 2.27. The molecule has 0 aliphatic carbocycles. The van der Waals surface area contributed by atoms with E-state index in [0.717, 1.165) is 5.56 Å². The van der Waals surface area contributed by atoms with Crippen molar-refractivity contribution in [3.63, 3.8) is 0 Å². The van der Waals surface area contributed by atoms with Crippen LogP contribution in [0.4, 0.5) is 5.69 Å². The van der Waals surface area contributed by atoms with Crippen molar-refractivity contribution in [3.8, 4) is 11.5 Å². The number of hydrogen-bond acceptors (Lipinski definition) is 6. The van der Waals surface area contributed by atoms with Crippen molar-refractivity contribution in [2.45, 2.75) is 13.3 Å². The molecule has 2 aromatic carbocycles. The molecule has 0 radical (unpaired) electrons. The van der Waals surface area contributed by atoms with Gasteiger partial charge in [0.05, 0.1) is 38.6 Å². The number of ether oxygens (including phenoxy) is 3. The van der Waals surface area contributed by atoms with E-state index in [2.05, 4.69) is 10.6 Å². The van der Waals surface area contributed by atoms with Gasteiger partial charge in [0.25, 0.3) is 0 Å². The highest BCUT2D eigenvalue weighted by atomic mass is 35.5. The lowest BCUT2D eigenvalue weighted by Crippen LogP contribution is -2.31. The third-order valence-electron chi connectivity index (χ3n) is 4.10. The fourth-order valence-corrected chi connectivity index (χ4v) is 2.84. The van der Waals surface area contributed by atoms with Gasteiger partial charge in [-0.05, 0) is 49.2 Å². The fourth-order valence-electron chi connectivity index (χ4n) is 2.67. The zero-order valence-corrected chi connectivity index (χ0v) is 17.5. The first-order valence-corrected chi connectivity index (χ1v) is 9.54. The summed E-state index contributed by atoms with van der Waals surface area (Å²) in [5.41, 5.74) is 1.79. The molecule has 156 valence electrons. The maximum absolute atomic E-state index is 12.2. The minimum absolute atomic E-state index is 0.00131. The number of hydrogen-bond donors (Lipinski definition) is 2. The van der Waals surface area contributed by atoms with Gasteiger partial charge in [-0.2, -0.15) is 0 Å². The normalized spacial score (nSPS) is 10.2. The summed E-state index contributed by atoms with van der Waals surface area (Å²) in [5.74, 6) is 0.620. The number of carbonyl (C=O) groups is 2. The molecule has 29 heavy (non-hydrogen) atoms. The molecule has 8 heteroatoms. The summed E-state index contributed by atoms with van der Waals surface area (Å²) in [6.07, 6.45) is 0.636. The predicted molar refractivity (Wildman–Crippen MR) is 112 cm³/mol. The molecule has 1 amide bonds. The minimum Gasteiger partial charge on any atom is -0.493 e. The second-order valence-electron chi connectivity index (χ2n) is 6.05. The summed E-state index contributed by atoms with van der Waals surface area (Å²) in [5, 5.41) is 6.23. The lowest BCUT2D eigenvalue weighted by Gasteiger charge is -2.12. The van der Waals surface area contributed by atoms with Gasteiger partial charge in [-0.15, -0.1) is 0 Å². The molecule has 0 fully saturated rings. The molecule has 2 N–H and O–H groups in total. The Morgan fingerprint density at radius 1 is 1.03 bits per heavy atom. The number of carbonyl (C=O) groups excluding carboxylic acids is 2. The predicted octanol–water partition coefficient (Wildman–Crippen LogP) is 3.30. The van der Waals surface area contributed by atoms with Crippen LogP contribution in [0.3, 0.4) is 0 Å². The lowest BCUT2D eigenvalue weighted by atomic mass is 10.1. The quantitative estimate of drug-likeness (QED) is 0.573. The number of methoxy groups -OCH3 is 2. The molecule has 2 rings (SSSR count). The van der Waals surface area contributed by atoms with Crippen LogP contribution in [0.1, 0.15) is 22.8 Å². The Hall–Kier alpha value is -2.93. The highest BCUT2D eigenvalue weighted by Gasteiger charge is 2.14. The highest BCUT2D eigenvalue weighted by molar-refractivity contribution is 6.31. The van der Waals surface area contributed by atoms with Crippen molar-refractivity contribution in [3.05, 3.63) is 52.5 Å². The molecular formula is C21H25ClN2O5. The molecule has 0 aliphatic rings. The summed E-state index contributed by atoms with van der Waals surface area (Å²) in [6.45, 7) is 2.44. The number of nitrogens with one attached hydrogen (secondary N) is 2. The molecule has 0 bridgehead atoms. The van der Waals surface area contributed by atoms with E-state index in [9.17, 15) is 9.59 Å². The van der Waals surface area contributed by atoms with Crippen LogP contribution in [0, 0.1) is 0 Å². The average molecular weight is 421 g/mol. The number of amides is 1. The number of esters is 1. The van der Waals surface area contributed by atoms with Crippen LogP contribution in [-0.4, -0.2) is 45.8 Å². The van der Waals surface area contributed by atoms with Gasteiger partial charge in [0.1, 0.15) is 0 Å². The van der Waals surface area contributed by atoms with E-state index in [1.54, 1.807) is 39.3 Å². The van der Waals surface area contributed by atoms with Crippen molar-refractivity contribution in [2.75, 3.05) is 39.2 Å². The van der Waals surface area contributed by atoms with Crippen molar-refractivity contribution in [1.82, 2.24) is 5.32 Å². The smallest absolute Gasteiger partial charge is 0.340 e. The molecular weight excluding hydrogens is 396 g/mol. The Morgan fingerprint density at radius 3 is 2.48 bits per heavy atom. The van der Waals surface area contributed by atoms with Crippen LogP contribution in [0.5, 0.6) is 11.5 Å². The second kappa shape index (κ2) is 11.2. The van der Waals surface area contributed by atoms with Crippen LogP contribution < -0.4 is 20.1 Å². The van der Waals surface area contributed by atoms with Crippen LogP contribution >= 0.6 is 11.6 Å². The van der Waals surface area contributed by atoms with Gasteiger partial charge in [0.15, 0.2) is 11.5 Å². The fraction of sp³-hybridized carbons (Fsp3) is 0.333. The maximum Gasteiger partial charge on any atom is 0.340 e. The molecule has 0 heterocycles. The van der Waals surface area contributed by atoms with E-state index in [1.165, 1.54) is 0 Å². The van der Waals surface area contributed by atoms with Gasteiger partial charge in [0.2, 0.25) is 5.91 Å². The summed E-state index contributed by atoms with van der Waals surface area (Å²) >= 11 is 6.00. The number of benzene rings is 2. The van der Waals surface area contributed by atoms with Crippen LogP contribution in [0.25, 0.3) is 0 Å². The molecule has 0 aromatic heterocycles. The van der Waals surface area contributed by atoms with Gasteiger partial charge in [-0.1, -0.05) is 17.7 Å². The van der Waals surface area contributed by atoms with Crippen molar-refractivity contribution >= 4 is 29.2 Å². The second-order valence-corrected chi connectivity index (χ2v) is 6.49. The Balaban J connectivity index is 1.88. The molecule has 0 aliphatic heterocycles. The molecule has 7 nitrogen and oxygen atoms in total. The maximum atomic E-state index is 12.2. The topological polar surface area (TPSA) is 85.9 Å². The summed E-state index contributed by atoms with van der Waals surface area (Å²) in [7, 11) is 3.16. The van der Waals surface area contributed by atoms with Crippen molar-refractivity contribution < 1.29 is 23.8 Å². The monoisotopic (exact) mass is 420 g/mol. The third-order valence-corrected chi connectivity index (χ3v) is 4.34. The van der Waals surface area contributed by atoms with E-state index >= 15 is 0 Å². The molecule has 0 saturated heterocycles. The molecule has 0 atom stereocenters. The Kier molecular flexibility index (Phi) is 8.61. The molecule has 0 spiro atoms. The summed E-state index contributed by atoms with van der Waals surface area (Å²) < 4.78 is 15.5. The van der Waals surface area contributed by atoms with E-state index in [1.807, 2.05) is 18.2 Å². The van der Waals surface area contributed by atoms with Crippen molar-refractivity contribution in [2.24, 2.45) is 0 Å². The van der Waals surface area contributed by atoms with Gasteiger partial charge >= 0.3 is 5.97 Å². The first-order valence-electron chi connectivity index (χ1n) is 9.16. The lowest BCUT2D eigenvalue weighted by molar-refractivity contribution is -0.119. The Bertz CT molecular complexity index is 857. The zero-order chi connectivity index (χ0) is 21.2. The van der Waals surface area contributed by atoms with Crippen LogP contribution in [0.15, 0.2) is 36.4 Å². The van der Waals surface area contributed by atoms with E-state index in [4.69, 9.17) is 25.8 Å². The SMILES string of the molecule is CCOC(=O)c1ccc(Cl)cc1NCC(=O)NCCc1ccc(OC)c(OC)c1. The van der Waals surface area contributed by atoms with Gasteiger partial charge < -0.3 is 24.8 Å². The molecule has 0 saturated carbocycles. The van der Waals surface area contributed by atoms with E-state index in [0.29, 0.717) is 40.7 Å². The van der Waals surface area contributed by atoms with E-state index in [-0.39, 0.29) is 19.1 Å². The first-order chi connectivity index (χ1) is 14.0. The Labute approximate surface area is 175 Å². The summed E-state index contributed by atoms with van der Waals surface area (Å²) in [4.78, 5) is 24.2. The standard InChI is InChI=1S/C21H25ClN2O5/c1-4-29-21(26)16-7-6-15(22)12-17(16)24-13-20(25)23-10-9-14-5-8-18(27-2)19(11-14)28-3/h5-8,11-12,24H,4,9-10,13H2,1-3H3,(H,23,25). The number of halogens is 1. The van der Waals surface area contributed by atoms with E-state index < -0.39 is 5.97 Å². The van der Waals surface area contributed by atoms with Gasteiger partial charge in [-0.3, -0.25) is 4.79 Å². The molecule has 2 aromatic rings. The minimum atomic E-state index is -0.472. The van der Waals surface area contributed by atoms with Crippen LogP contribution in [0.2, 0.25) is 5.02 Å². The average Bonchev–Trinajstić information content (AvgIpc) is 2.72. The summed E-state index contributed by atoms with van der Waals surface area (Å²) in [6, 6.07) is 10.4. The van der Waals surface area contributed by atoms with Gasteiger partial charge in [0, 0.05) is 11.6 Å². The largest absolute Gasteiger partial charge is 0.493 e. The number of anilines is 1. The molecule has 0 unspecified atom stereocenters. The van der Waals surface area contributed by atoms with Crippen molar-refractivity contribution in [1.29, 1.82) is 0 Å². The van der Waals surface area contributed by atoms with Gasteiger partial charge in [-0.25, -0.2) is 4.79 Å². The Morgan fingerprint density at radius 2 is 1.79 bits per heavy atom. The third kappa shape index (κ3) is 6.57. The zero-order valence-electron chi connectivity index (χ0n) is 16.7. The number of rotatable bonds is 10.